The molecule has 2 heterocycles. The summed E-state index contributed by atoms with van der Waals surface area (Å²) in [5.41, 5.74) is 0. The van der Waals surface area contributed by atoms with Gasteiger partial charge in [0.25, 0.3) is 0 Å². The number of nitrogens with one attached hydrogen (secondary N) is 1. The Bertz CT molecular complexity index is 664. The number of alkyl halides is 3. The average Bonchev–Trinajstić information content (AvgIpc) is 2.46. The molecule has 0 radical (unpaired) electrons. The number of hydrogen-bond acceptors (Lipinski definition) is 4. The molecule has 23 heavy (non-hydrogen) atoms. The molecule has 10 heteroatoms. The summed E-state index contributed by atoms with van der Waals surface area (Å²) in [7, 11) is -3.89. The van der Waals surface area contributed by atoms with Crippen LogP contribution in [0.1, 0.15) is 19.8 Å². The molecule has 2 rings (SSSR count). The number of carbonyl (C=O) groups excluding carboxylic acids is 1. The molecule has 0 spiro atoms. The first-order valence-corrected chi connectivity index (χ1v) is 8.36. The first-order valence-electron chi connectivity index (χ1n) is 6.87. The van der Waals surface area contributed by atoms with E-state index in [1.165, 1.54) is 18.3 Å². The number of aromatic nitrogens is 1. The molecule has 1 saturated heterocycles. The number of likely N-dealkylation sites (tertiary alicyclic amines) is 1. The molecule has 1 aromatic heterocycles. The van der Waals surface area contributed by atoms with Crippen molar-refractivity contribution in [2.45, 2.75) is 42.9 Å². The van der Waals surface area contributed by atoms with Crippen LogP contribution in [0.4, 0.5) is 13.2 Å². The number of sulfonamides is 1. The second-order valence-electron chi connectivity index (χ2n) is 5.31. The van der Waals surface area contributed by atoms with Crippen LogP contribution in [-0.4, -0.2) is 49.0 Å². The molecule has 1 fully saturated rings. The lowest BCUT2D eigenvalue weighted by Crippen LogP contribution is -2.57. The van der Waals surface area contributed by atoms with Crippen molar-refractivity contribution in [3.8, 4) is 0 Å². The summed E-state index contributed by atoms with van der Waals surface area (Å²) in [5.74, 6) is -0.738. The van der Waals surface area contributed by atoms with Crippen LogP contribution in [0.5, 0.6) is 0 Å². The fourth-order valence-corrected chi connectivity index (χ4v) is 3.77. The number of amides is 1. The Kier molecular flexibility index (Phi) is 4.95. The van der Waals surface area contributed by atoms with E-state index in [2.05, 4.69) is 9.71 Å². The van der Waals surface area contributed by atoms with E-state index < -0.39 is 34.2 Å². The predicted octanol–water partition coefficient (Wildman–Crippen LogP) is 1.30. The molecule has 1 aliphatic heterocycles. The van der Waals surface area contributed by atoms with Gasteiger partial charge in [0, 0.05) is 31.9 Å². The van der Waals surface area contributed by atoms with E-state index in [1.807, 2.05) is 0 Å². The Morgan fingerprint density at radius 1 is 1.39 bits per heavy atom. The summed E-state index contributed by atoms with van der Waals surface area (Å²) in [6.45, 7) is 0.718. The first-order chi connectivity index (χ1) is 10.6. The predicted molar refractivity (Wildman–Crippen MR) is 74.8 cm³/mol. The summed E-state index contributed by atoms with van der Waals surface area (Å²) in [6, 6.07) is 0.123. The Labute approximate surface area is 131 Å². The largest absolute Gasteiger partial charge is 0.408 e. The van der Waals surface area contributed by atoms with Gasteiger partial charge in [0.2, 0.25) is 15.9 Å². The van der Waals surface area contributed by atoms with Gasteiger partial charge in [-0.2, -0.15) is 13.2 Å². The van der Waals surface area contributed by atoms with Gasteiger partial charge in [0.05, 0.1) is 0 Å². The lowest BCUT2D eigenvalue weighted by Gasteiger charge is -2.39. The number of rotatable bonds is 3. The standard InChI is InChI=1S/C13H16F3N3O3S/c1-9(20)19-8-10(4-5-12(19)13(14,15)16)18-23(21,22)11-3-2-6-17-7-11/h2-3,6-7,10,12,18H,4-5,8H2,1H3. The molecule has 0 bridgehead atoms. The van der Waals surface area contributed by atoms with Gasteiger partial charge in [-0.25, -0.2) is 13.1 Å². The summed E-state index contributed by atoms with van der Waals surface area (Å²) in [4.78, 5) is 15.8. The molecule has 6 nitrogen and oxygen atoms in total. The minimum atomic E-state index is -4.53. The van der Waals surface area contributed by atoms with E-state index in [1.54, 1.807) is 0 Å². The fourth-order valence-electron chi connectivity index (χ4n) is 2.55. The zero-order chi connectivity index (χ0) is 17.3. The maximum atomic E-state index is 12.9. The van der Waals surface area contributed by atoms with Crippen molar-refractivity contribution in [1.82, 2.24) is 14.6 Å². The van der Waals surface area contributed by atoms with Crippen molar-refractivity contribution in [3.05, 3.63) is 24.5 Å². The third kappa shape index (κ3) is 4.20. The number of hydrogen-bond donors (Lipinski definition) is 1. The highest BCUT2D eigenvalue weighted by Crippen LogP contribution is 2.32. The molecular formula is C13H16F3N3O3S. The van der Waals surface area contributed by atoms with Gasteiger partial charge in [0.15, 0.2) is 0 Å². The van der Waals surface area contributed by atoms with Gasteiger partial charge in [-0.15, -0.1) is 0 Å². The number of carbonyl (C=O) groups is 1. The fraction of sp³-hybridized carbons (Fsp3) is 0.538. The Hall–Kier alpha value is -1.68. The van der Waals surface area contributed by atoms with Crippen molar-refractivity contribution in [3.63, 3.8) is 0 Å². The summed E-state index contributed by atoms with van der Waals surface area (Å²) in [5, 5.41) is 0. The van der Waals surface area contributed by atoms with Crippen LogP contribution in [0.2, 0.25) is 0 Å². The van der Waals surface area contributed by atoms with Crippen LogP contribution in [0, 0.1) is 0 Å². The lowest BCUT2D eigenvalue weighted by atomic mass is 9.98. The van der Waals surface area contributed by atoms with Gasteiger partial charge in [-0.3, -0.25) is 9.78 Å². The van der Waals surface area contributed by atoms with E-state index in [4.69, 9.17) is 0 Å². The molecule has 1 aromatic rings. The highest BCUT2D eigenvalue weighted by atomic mass is 32.2. The number of pyridine rings is 1. The summed E-state index contributed by atoms with van der Waals surface area (Å²) >= 11 is 0. The van der Waals surface area contributed by atoms with Crippen molar-refractivity contribution in [2.24, 2.45) is 0 Å². The zero-order valence-electron chi connectivity index (χ0n) is 12.2. The zero-order valence-corrected chi connectivity index (χ0v) is 13.1. The molecule has 1 amide bonds. The van der Waals surface area contributed by atoms with Crippen molar-refractivity contribution in [2.75, 3.05) is 6.54 Å². The summed E-state index contributed by atoms with van der Waals surface area (Å²) < 4.78 is 65.5. The maximum absolute atomic E-state index is 12.9. The second kappa shape index (κ2) is 6.44. The third-order valence-electron chi connectivity index (χ3n) is 3.63. The Morgan fingerprint density at radius 3 is 2.61 bits per heavy atom. The minimum Gasteiger partial charge on any atom is -0.329 e. The van der Waals surface area contributed by atoms with Gasteiger partial charge in [-0.1, -0.05) is 0 Å². The normalized spacial score (nSPS) is 22.9. The molecule has 0 saturated carbocycles. The molecular weight excluding hydrogens is 335 g/mol. The molecule has 0 aromatic carbocycles. The third-order valence-corrected chi connectivity index (χ3v) is 5.14. The van der Waals surface area contributed by atoms with Crippen molar-refractivity contribution in [1.29, 1.82) is 0 Å². The van der Waals surface area contributed by atoms with Gasteiger partial charge in [0.1, 0.15) is 10.9 Å². The molecule has 2 unspecified atom stereocenters. The highest BCUT2D eigenvalue weighted by Gasteiger charge is 2.47. The lowest BCUT2D eigenvalue weighted by molar-refractivity contribution is -0.196. The Morgan fingerprint density at radius 2 is 2.09 bits per heavy atom. The summed E-state index contributed by atoms with van der Waals surface area (Å²) in [6.07, 6.45) is -2.33. The van der Waals surface area contributed by atoms with E-state index in [9.17, 15) is 26.4 Å². The highest BCUT2D eigenvalue weighted by molar-refractivity contribution is 7.89. The average molecular weight is 351 g/mol. The molecule has 128 valence electrons. The van der Waals surface area contributed by atoms with E-state index in [0.717, 1.165) is 13.1 Å². The van der Waals surface area contributed by atoms with Crippen molar-refractivity contribution < 1.29 is 26.4 Å². The number of piperidine rings is 1. The first kappa shape index (κ1) is 17.7. The second-order valence-corrected chi connectivity index (χ2v) is 7.03. The van der Waals surface area contributed by atoms with Crippen LogP contribution in [0.3, 0.4) is 0 Å². The minimum absolute atomic E-state index is 0.00650. The van der Waals surface area contributed by atoms with Gasteiger partial charge < -0.3 is 4.90 Å². The molecule has 1 N–H and O–H groups in total. The molecule has 1 aliphatic rings. The maximum Gasteiger partial charge on any atom is 0.408 e. The quantitative estimate of drug-likeness (QED) is 0.890. The number of nitrogens with zero attached hydrogens (tertiary/aromatic N) is 2. The van der Waals surface area contributed by atoms with Gasteiger partial charge in [-0.05, 0) is 25.0 Å². The van der Waals surface area contributed by atoms with Crippen LogP contribution < -0.4 is 4.72 Å². The topological polar surface area (TPSA) is 79.4 Å². The Balaban J connectivity index is 2.13. The van der Waals surface area contributed by atoms with E-state index in [0.29, 0.717) is 4.90 Å². The smallest absolute Gasteiger partial charge is 0.329 e. The van der Waals surface area contributed by atoms with Crippen molar-refractivity contribution >= 4 is 15.9 Å². The van der Waals surface area contributed by atoms with Crippen LogP contribution >= 0.6 is 0 Å². The SMILES string of the molecule is CC(=O)N1CC(NS(=O)(=O)c2cccnc2)CCC1C(F)(F)F. The van der Waals surface area contributed by atoms with E-state index >= 15 is 0 Å². The van der Waals surface area contributed by atoms with Crippen LogP contribution in [0.15, 0.2) is 29.4 Å². The number of halogens is 3. The van der Waals surface area contributed by atoms with Crippen LogP contribution in [0.25, 0.3) is 0 Å². The molecule has 2 atom stereocenters. The van der Waals surface area contributed by atoms with E-state index in [-0.39, 0.29) is 24.3 Å². The van der Waals surface area contributed by atoms with Crippen LogP contribution in [-0.2, 0) is 14.8 Å². The van der Waals surface area contributed by atoms with Gasteiger partial charge >= 0.3 is 6.18 Å². The molecule has 0 aliphatic carbocycles. The monoisotopic (exact) mass is 351 g/mol.